The Morgan fingerprint density at radius 1 is 1.00 bits per heavy atom. The standard InChI is InChI=1S/C22H29F5O2/c1-2-3-4-14-5-10-20(28-13-14)15-6-8-17(9-7-15)29-22(26,27)16-11-18(23)21(25)19(24)12-16/h11-12,14-15,17,20H,2-10,13H2,1H3. The highest BCUT2D eigenvalue weighted by Gasteiger charge is 2.40. The molecule has 2 atom stereocenters. The molecule has 1 heterocycles. The van der Waals surface area contributed by atoms with E-state index in [0.29, 0.717) is 24.7 Å². The molecule has 0 amide bonds. The predicted octanol–water partition coefficient (Wildman–Crippen LogP) is 6.71. The summed E-state index contributed by atoms with van der Waals surface area (Å²) in [5.41, 5.74) is -1.01. The van der Waals surface area contributed by atoms with Crippen LogP contribution in [0.25, 0.3) is 0 Å². The summed E-state index contributed by atoms with van der Waals surface area (Å²) in [5.74, 6) is -4.12. The van der Waals surface area contributed by atoms with E-state index in [1.165, 1.54) is 19.3 Å². The van der Waals surface area contributed by atoms with Gasteiger partial charge < -0.3 is 9.47 Å². The maximum atomic E-state index is 14.3. The zero-order valence-corrected chi connectivity index (χ0v) is 16.7. The van der Waals surface area contributed by atoms with Gasteiger partial charge in [-0.3, -0.25) is 0 Å². The van der Waals surface area contributed by atoms with Crippen molar-refractivity contribution in [2.45, 2.75) is 83.0 Å². The predicted molar refractivity (Wildman–Crippen MR) is 99.0 cm³/mol. The average Bonchev–Trinajstić information content (AvgIpc) is 2.71. The summed E-state index contributed by atoms with van der Waals surface area (Å²) in [7, 11) is 0. The lowest BCUT2D eigenvalue weighted by Gasteiger charge is -2.38. The first kappa shape index (κ1) is 22.5. The Morgan fingerprint density at radius 2 is 1.66 bits per heavy atom. The molecule has 2 fully saturated rings. The van der Waals surface area contributed by atoms with Gasteiger partial charge in [-0.15, -0.1) is 0 Å². The smallest absolute Gasteiger partial charge is 0.378 e. The molecule has 1 aliphatic heterocycles. The van der Waals surface area contributed by atoms with Gasteiger partial charge in [0.25, 0.3) is 0 Å². The van der Waals surface area contributed by atoms with E-state index in [9.17, 15) is 22.0 Å². The van der Waals surface area contributed by atoms with Crippen molar-refractivity contribution in [3.63, 3.8) is 0 Å². The van der Waals surface area contributed by atoms with Crippen LogP contribution in [0.4, 0.5) is 22.0 Å². The first-order valence-corrected chi connectivity index (χ1v) is 10.6. The molecular formula is C22H29F5O2. The molecule has 164 valence electrons. The van der Waals surface area contributed by atoms with Gasteiger partial charge in [0.05, 0.1) is 17.8 Å². The van der Waals surface area contributed by atoms with Crippen LogP contribution in [0.5, 0.6) is 0 Å². The van der Waals surface area contributed by atoms with Gasteiger partial charge in [-0.1, -0.05) is 19.8 Å². The second kappa shape index (κ2) is 9.73. The molecular weight excluding hydrogens is 391 g/mol. The van der Waals surface area contributed by atoms with Crippen LogP contribution in [0.15, 0.2) is 12.1 Å². The lowest BCUT2D eigenvalue weighted by molar-refractivity contribution is -0.279. The third-order valence-corrected chi connectivity index (χ3v) is 6.25. The van der Waals surface area contributed by atoms with Crippen molar-refractivity contribution in [3.8, 4) is 0 Å². The fourth-order valence-corrected chi connectivity index (χ4v) is 4.50. The van der Waals surface area contributed by atoms with Crippen molar-refractivity contribution in [1.82, 2.24) is 0 Å². The molecule has 29 heavy (non-hydrogen) atoms. The molecule has 0 bridgehead atoms. The Balaban J connectivity index is 1.48. The highest BCUT2D eigenvalue weighted by atomic mass is 19.3. The summed E-state index contributed by atoms with van der Waals surface area (Å²) in [4.78, 5) is 0. The number of ether oxygens (including phenoxy) is 2. The van der Waals surface area contributed by atoms with E-state index < -0.39 is 35.2 Å². The summed E-state index contributed by atoms with van der Waals surface area (Å²) < 4.78 is 79.2. The summed E-state index contributed by atoms with van der Waals surface area (Å²) in [6.45, 7) is 2.96. The highest BCUT2D eigenvalue weighted by Crippen LogP contribution is 2.39. The van der Waals surface area contributed by atoms with Crippen molar-refractivity contribution in [1.29, 1.82) is 0 Å². The molecule has 1 aliphatic carbocycles. The molecule has 1 saturated carbocycles. The van der Waals surface area contributed by atoms with Crippen LogP contribution in [-0.2, 0) is 15.6 Å². The monoisotopic (exact) mass is 420 g/mol. The minimum Gasteiger partial charge on any atom is -0.378 e. The maximum Gasteiger partial charge on any atom is 0.383 e. The fraction of sp³-hybridized carbons (Fsp3) is 0.727. The van der Waals surface area contributed by atoms with Crippen molar-refractivity contribution >= 4 is 0 Å². The van der Waals surface area contributed by atoms with E-state index in [1.807, 2.05) is 0 Å². The molecule has 1 aromatic carbocycles. The quantitative estimate of drug-likeness (QED) is 0.360. The molecule has 7 heteroatoms. The fourth-order valence-electron chi connectivity index (χ4n) is 4.50. The van der Waals surface area contributed by atoms with Gasteiger partial charge in [-0.2, -0.15) is 8.78 Å². The van der Waals surface area contributed by atoms with Crippen LogP contribution >= 0.6 is 0 Å². The van der Waals surface area contributed by atoms with E-state index in [0.717, 1.165) is 32.3 Å². The Morgan fingerprint density at radius 3 is 2.21 bits per heavy atom. The summed E-state index contributed by atoms with van der Waals surface area (Å²) in [6, 6.07) is 0.573. The molecule has 2 unspecified atom stereocenters. The van der Waals surface area contributed by atoms with Crippen LogP contribution in [0.3, 0.4) is 0 Å². The minimum atomic E-state index is -3.87. The summed E-state index contributed by atoms with van der Waals surface area (Å²) in [6.07, 6.45) is 3.67. The first-order valence-electron chi connectivity index (χ1n) is 10.6. The Kier molecular flexibility index (Phi) is 7.54. The number of alkyl halides is 2. The van der Waals surface area contributed by atoms with E-state index in [-0.39, 0.29) is 18.2 Å². The van der Waals surface area contributed by atoms with E-state index >= 15 is 0 Å². The van der Waals surface area contributed by atoms with Crippen molar-refractivity contribution in [2.75, 3.05) is 6.61 Å². The second-order valence-electron chi connectivity index (χ2n) is 8.38. The zero-order chi connectivity index (χ0) is 21.0. The largest absolute Gasteiger partial charge is 0.383 e. The van der Waals surface area contributed by atoms with Crippen LogP contribution in [0, 0.1) is 29.3 Å². The third kappa shape index (κ3) is 5.69. The summed E-state index contributed by atoms with van der Waals surface area (Å²) in [5, 5.41) is 0. The summed E-state index contributed by atoms with van der Waals surface area (Å²) >= 11 is 0. The van der Waals surface area contributed by atoms with E-state index in [4.69, 9.17) is 9.47 Å². The number of halogens is 5. The zero-order valence-electron chi connectivity index (χ0n) is 16.7. The number of rotatable bonds is 7. The molecule has 0 radical (unpaired) electrons. The molecule has 2 aliphatic rings. The lowest BCUT2D eigenvalue weighted by Crippen LogP contribution is -2.37. The number of hydrogen-bond acceptors (Lipinski definition) is 2. The molecule has 0 spiro atoms. The first-order chi connectivity index (χ1) is 13.8. The second-order valence-corrected chi connectivity index (χ2v) is 8.38. The molecule has 1 aromatic rings. The third-order valence-electron chi connectivity index (χ3n) is 6.25. The number of benzene rings is 1. The van der Waals surface area contributed by atoms with Gasteiger partial charge in [0, 0.05) is 6.61 Å². The molecule has 2 nitrogen and oxygen atoms in total. The lowest BCUT2D eigenvalue weighted by atomic mass is 9.80. The molecule has 0 N–H and O–H groups in total. The average molecular weight is 420 g/mol. The van der Waals surface area contributed by atoms with Crippen LogP contribution in [-0.4, -0.2) is 18.8 Å². The normalized spacial score (nSPS) is 28.5. The molecule has 0 aromatic heterocycles. The number of hydrogen-bond donors (Lipinski definition) is 0. The molecule has 1 saturated heterocycles. The molecule has 3 rings (SSSR count). The van der Waals surface area contributed by atoms with Gasteiger partial charge >= 0.3 is 6.11 Å². The van der Waals surface area contributed by atoms with E-state index in [1.54, 1.807) is 0 Å². The Hall–Kier alpha value is -1.21. The number of unbranched alkanes of at least 4 members (excludes halogenated alkanes) is 1. The van der Waals surface area contributed by atoms with E-state index in [2.05, 4.69) is 6.92 Å². The van der Waals surface area contributed by atoms with Gasteiger partial charge in [0.1, 0.15) is 0 Å². The Bertz CT molecular complexity index is 642. The van der Waals surface area contributed by atoms with Crippen molar-refractivity contribution < 1.29 is 31.4 Å². The SMILES string of the molecule is CCCCC1CCC(C2CCC(OC(F)(F)c3cc(F)c(F)c(F)c3)CC2)OC1. The van der Waals surface area contributed by atoms with Gasteiger partial charge in [0.2, 0.25) is 0 Å². The van der Waals surface area contributed by atoms with Gasteiger partial charge in [0.15, 0.2) is 17.5 Å². The van der Waals surface area contributed by atoms with Gasteiger partial charge in [-0.05, 0) is 68.9 Å². The van der Waals surface area contributed by atoms with Crippen LogP contribution in [0.2, 0.25) is 0 Å². The minimum absolute atomic E-state index is 0.176. The van der Waals surface area contributed by atoms with Crippen LogP contribution in [0.1, 0.15) is 70.3 Å². The van der Waals surface area contributed by atoms with Crippen molar-refractivity contribution in [3.05, 3.63) is 35.1 Å². The van der Waals surface area contributed by atoms with Gasteiger partial charge in [-0.25, -0.2) is 13.2 Å². The maximum absolute atomic E-state index is 14.3. The van der Waals surface area contributed by atoms with Crippen molar-refractivity contribution in [2.24, 2.45) is 11.8 Å². The van der Waals surface area contributed by atoms with Crippen LogP contribution < -0.4 is 0 Å². The highest BCUT2D eigenvalue weighted by molar-refractivity contribution is 5.22. The Labute approximate surface area is 168 Å². The topological polar surface area (TPSA) is 18.5 Å².